The minimum absolute atomic E-state index is 0.0497. The van der Waals surface area contributed by atoms with Gasteiger partial charge in [0.25, 0.3) is 0 Å². The largest absolute Gasteiger partial charge is 0.355 e. The van der Waals surface area contributed by atoms with Crippen molar-refractivity contribution in [2.24, 2.45) is 17.3 Å². The molecule has 0 radical (unpaired) electrons. The highest BCUT2D eigenvalue weighted by Crippen LogP contribution is 2.21. The zero-order valence-electron chi connectivity index (χ0n) is 15.0. The van der Waals surface area contributed by atoms with Gasteiger partial charge < -0.3 is 20.4 Å². The van der Waals surface area contributed by atoms with E-state index in [1.54, 1.807) is 0 Å². The number of nitrogens with one attached hydrogen (secondary N) is 2. The number of likely N-dealkylation sites (tertiary alicyclic amines) is 1. The maximum Gasteiger partial charge on any atom is 0.228 e. The van der Waals surface area contributed by atoms with Gasteiger partial charge in [0.2, 0.25) is 11.8 Å². The van der Waals surface area contributed by atoms with E-state index in [1.165, 1.54) is 0 Å². The number of carbonyl (C=O) groups excluding carboxylic acids is 2. The zero-order valence-corrected chi connectivity index (χ0v) is 15.0. The molecule has 2 fully saturated rings. The normalized spacial score (nSPS) is 20.5. The molecule has 2 N–H and O–H groups in total. The lowest BCUT2D eigenvalue weighted by Gasteiger charge is -2.37. The lowest BCUT2D eigenvalue weighted by Crippen LogP contribution is -2.54. The van der Waals surface area contributed by atoms with Crippen LogP contribution in [-0.4, -0.2) is 75.0 Å². The highest BCUT2D eigenvalue weighted by Gasteiger charge is 2.33. The van der Waals surface area contributed by atoms with Gasteiger partial charge in [-0.15, -0.1) is 0 Å². The quantitative estimate of drug-likeness (QED) is 0.730. The van der Waals surface area contributed by atoms with Gasteiger partial charge >= 0.3 is 0 Å². The van der Waals surface area contributed by atoms with Crippen LogP contribution in [0.3, 0.4) is 0 Å². The first-order chi connectivity index (χ1) is 10.8. The molecular formula is C17H32N4O2. The number of piperidine rings is 1. The molecule has 2 saturated heterocycles. The van der Waals surface area contributed by atoms with E-state index in [-0.39, 0.29) is 29.1 Å². The molecule has 2 aliphatic rings. The summed E-state index contributed by atoms with van der Waals surface area (Å²) >= 11 is 0. The molecule has 0 unspecified atom stereocenters. The van der Waals surface area contributed by atoms with Crippen molar-refractivity contribution in [2.75, 3.05) is 53.4 Å². The Morgan fingerprint density at radius 2 is 1.78 bits per heavy atom. The summed E-state index contributed by atoms with van der Waals surface area (Å²) in [5.74, 6) is 0.616. The zero-order chi connectivity index (χ0) is 17.0. The average Bonchev–Trinajstić information content (AvgIpc) is 2.42. The van der Waals surface area contributed by atoms with Crippen LogP contribution in [-0.2, 0) is 9.59 Å². The third-order valence-corrected chi connectivity index (χ3v) is 4.79. The fourth-order valence-electron chi connectivity index (χ4n) is 3.47. The highest BCUT2D eigenvalue weighted by molar-refractivity contribution is 5.81. The standard InChI is InChI=1S/C17H32N4O2/c1-17(2,12-20(3)4)11-19-15(22)13-5-7-21(8-6-13)16(23)14-9-18-10-14/h13-14,18H,5-12H2,1-4H3,(H,19,22). The summed E-state index contributed by atoms with van der Waals surface area (Å²) in [6.45, 7) is 9.01. The smallest absolute Gasteiger partial charge is 0.228 e. The summed E-state index contributed by atoms with van der Waals surface area (Å²) in [5.41, 5.74) is 0.0626. The van der Waals surface area contributed by atoms with Crippen molar-refractivity contribution in [1.82, 2.24) is 20.4 Å². The van der Waals surface area contributed by atoms with E-state index in [0.717, 1.165) is 32.5 Å². The second-order valence-electron chi connectivity index (χ2n) is 8.07. The molecule has 0 aromatic carbocycles. The number of nitrogens with zero attached hydrogens (tertiary/aromatic N) is 2. The topological polar surface area (TPSA) is 64.7 Å². The van der Waals surface area contributed by atoms with Crippen LogP contribution in [0, 0.1) is 17.3 Å². The van der Waals surface area contributed by atoms with Crippen molar-refractivity contribution in [2.45, 2.75) is 26.7 Å². The number of amides is 2. The Hall–Kier alpha value is -1.14. The Morgan fingerprint density at radius 3 is 2.26 bits per heavy atom. The molecular weight excluding hydrogens is 292 g/mol. The van der Waals surface area contributed by atoms with Gasteiger partial charge in [-0.3, -0.25) is 9.59 Å². The Morgan fingerprint density at radius 1 is 1.17 bits per heavy atom. The van der Waals surface area contributed by atoms with Crippen LogP contribution in [0.2, 0.25) is 0 Å². The summed E-state index contributed by atoms with van der Waals surface area (Å²) in [7, 11) is 4.10. The first-order valence-electron chi connectivity index (χ1n) is 8.70. The third-order valence-electron chi connectivity index (χ3n) is 4.79. The second-order valence-corrected chi connectivity index (χ2v) is 8.07. The van der Waals surface area contributed by atoms with Crippen molar-refractivity contribution in [3.05, 3.63) is 0 Å². The summed E-state index contributed by atoms with van der Waals surface area (Å²) < 4.78 is 0. The SMILES string of the molecule is CN(C)CC(C)(C)CNC(=O)C1CCN(C(=O)C2CNC2)CC1. The molecule has 0 bridgehead atoms. The predicted molar refractivity (Wildman–Crippen MR) is 91.0 cm³/mol. The van der Waals surface area contributed by atoms with E-state index in [4.69, 9.17) is 0 Å². The van der Waals surface area contributed by atoms with Crippen LogP contribution in [0.15, 0.2) is 0 Å². The lowest BCUT2D eigenvalue weighted by molar-refractivity contribution is -0.140. The maximum absolute atomic E-state index is 12.4. The van der Waals surface area contributed by atoms with Crippen LogP contribution in [0.5, 0.6) is 0 Å². The van der Waals surface area contributed by atoms with E-state index >= 15 is 0 Å². The third kappa shape index (κ3) is 5.18. The van der Waals surface area contributed by atoms with Crippen LogP contribution in [0.25, 0.3) is 0 Å². The molecule has 0 saturated carbocycles. The molecule has 2 aliphatic heterocycles. The van der Waals surface area contributed by atoms with Gasteiger partial charge in [0.05, 0.1) is 5.92 Å². The van der Waals surface area contributed by atoms with Gasteiger partial charge in [-0.05, 0) is 32.4 Å². The Balaban J connectivity index is 1.72. The van der Waals surface area contributed by atoms with Gasteiger partial charge in [0.15, 0.2) is 0 Å². The number of rotatable bonds is 6. The number of hydrogen-bond acceptors (Lipinski definition) is 4. The predicted octanol–water partition coefficient (Wildman–Crippen LogP) is 0.148. The van der Waals surface area contributed by atoms with E-state index in [9.17, 15) is 9.59 Å². The second kappa shape index (κ2) is 7.62. The molecule has 0 aliphatic carbocycles. The van der Waals surface area contributed by atoms with E-state index in [1.807, 2.05) is 19.0 Å². The monoisotopic (exact) mass is 324 g/mol. The molecule has 0 aromatic heterocycles. The maximum atomic E-state index is 12.4. The van der Waals surface area contributed by atoms with Crippen LogP contribution in [0.4, 0.5) is 0 Å². The molecule has 2 rings (SSSR count). The minimum Gasteiger partial charge on any atom is -0.355 e. The van der Waals surface area contributed by atoms with Crippen molar-refractivity contribution >= 4 is 11.8 Å². The molecule has 0 atom stereocenters. The lowest BCUT2D eigenvalue weighted by atomic mass is 9.91. The average molecular weight is 324 g/mol. The van der Waals surface area contributed by atoms with Crippen LogP contribution in [0.1, 0.15) is 26.7 Å². The van der Waals surface area contributed by atoms with Gasteiger partial charge in [0.1, 0.15) is 0 Å². The van der Waals surface area contributed by atoms with Crippen molar-refractivity contribution < 1.29 is 9.59 Å². The molecule has 0 aromatic rings. The summed E-state index contributed by atoms with van der Waals surface area (Å²) in [5, 5.41) is 6.25. The summed E-state index contributed by atoms with van der Waals surface area (Å²) in [4.78, 5) is 28.6. The van der Waals surface area contributed by atoms with Gasteiger partial charge in [-0.25, -0.2) is 0 Å². The Bertz CT molecular complexity index is 424. The van der Waals surface area contributed by atoms with Gasteiger partial charge in [0, 0.05) is 45.2 Å². The van der Waals surface area contributed by atoms with Crippen LogP contribution >= 0.6 is 0 Å². The molecule has 132 valence electrons. The molecule has 6 nitrogen and oxygen atoms in total. The molecule has 2 amide bonds. The van der Waals surface area contributed by atoms with Crippen molar-refractivity contribution in [1.29, 1.82) is 0 Å². The Labute approximate surface area is 140 Å². The first-order valence-corrected chi connectivity index (χ1v) is 8.70. The van der Waals surface area contributed by atoms with E-state index < -0.39 is 0 Å². The Kier molecular flexibility index (Phi) is 6.03. The van der Waals surface area contributed by atoms with Crippen LogP contribution < -0.4 is 10.6 Å². The summed E-state index contributed by atoms with van der Waals surface area (Å²) in [6, 6.07) is 0. The van der Waals surface area contributed by atoms with Gasteiger partial charge in [-0.2, -0.15) is 0 Å². The van der Waals surface area contributed by atoms with E-state index in [2.05, 4.69) is 29.4 Å². The highest BCUT2D eigenvalue weighted by atomic mass is 16.2. The van der Waals surface area contributed by atoms with E-state index in [0.29, 0.717) is 19.6 Å². The molecule has 6 heteroatoms. The number of hydrogen-bond donors (Lipinski definition) is 2. The van der Waals surface area contributed by atoms with Gasteiger partial charge in [-0.1, -0.05) is 13.8 Å². The van der Waals surface area contributed by atoms with Crippen molar-refractivity contribution in [3.63, 3.8) is 0 Å². The molecule has 2 heterocycles. The van der Waals surface area contributed by atoms with Crippen molar-refractivity contribution in [3.8, 4) is 0 Å². The fraction of sp³-hybridized carbons (Fsp3) is 0.882. The minimum atomic E-state index is 0.0497. The molecule has 0 spiro atoms. The first kappa shape index (κ1) is 18.2. The summed E-state index contributed by atoms with van der Waals surface area (Å²) in [6.07, 6.45) is 1.57. The molecule has 23 heavy (non-hydrogen) atoms. The fourth-order valence-corrected chi connectivity index (χ4v) is 3.47. The number of carbonyl (C=O) groups is 2.